The number of hydrogen-bond donors (Lipinski definition) is 1. The third-order valence-corrected chi connectivity index (χ3v) is 6.28. The van der Waals surface area contributed by atoms with E-state index in [0.717, 1.165) is 32.3 Å². The van der Waals surface area contributed by atoms with E-state index in [0.29, 0.717) is 22.1 Å². The average molecular weight is 412 g/mol. The Kier molecular flexibility index (Phi) is 4.73. The Hall–Kier alpha value is -2.63. The van der Waals surface area contributed by atoms with Gasteiger partial charge in [-0.05, 0) is 44.0 Å². The van der Waals surface area contributed by atoms with Crippen molar-refractivity contribution in [3.8, 4) is 11.3 Å². The van der Waals surface area contributed by atoms with Crippen LogP contribution >= 0.6 is 22.9 Å². The predicted octanol–water partition coefficient (Wildman–Crippen LogP) is 7.17. The van der Waals surface area contributed by atoms with Crippen LogP contribution in [-0.4, -0.2) is 9.38 Å². The van der Waals surface area contributed by atoms with Crippen molar-refractivity contribution < 1.29 is 4.39 Å². The van der Waals surface area contributed by atoms with Crippen molar-refractivity contribution >= 4 is 45.5 Å². The Morgan fingerprint density at radius 2 is 1.93 bits per heavy atom. The summed E-state index contributed by atoms with van der Waals surface area (Å²) in [6, 6.07) is 10.7. The van der Waals surface area contributed by atoms with Crippen molar-refractivity contribution in [2.75, 3.05) is 5.32 Å². The zero-order chi connectivity index (χ0) is 20.0. The Balaban J connectivity index is 2.03. The zero-order valence-corrected chi connectivity index (χ0v) is 17.4. The van der Waals surface area contributed by atoms with Crippen LogP contribution in [0.3, 0.4) is 0 Å². The molecule has 0 bridgehead atoms. The molecule has 0 radical (unpaired) electrons. The summed E-state index contributed by atoms with van der Waals surface area (Å²) in [5, 5.41) is 3.83. The molecule has 2 aromatic carbocycles. The lowest BCUT2D eigenvalue weighted by atomic mass is 10.1. The molecule has 0 saturated heterocycles. The number of anilines is 2. The number of nitrogens with one attached hydrogen (secondary N) is 1. The van der Waals surface area contributed by atoms with E-state index in [1.807, 2.05) is 36.4 Å². The largest absolute Gasteiger partial charge is 0.339 e. The Bertz CT molecular complexity index is 1200. The topological polar surface area (TPSA) is 29.3 Å². The number of para-hydroxylation sites is 1. The van der Waals surface area contributed by atoms with Gasteiger partial charge in [0.2, 0.25) is 0 Å². The van der Waals surface area contributed by atoms with Crippen molar-refractivity contribution in [1.82, 2.24) is 9.38 Å². The molecular weight excluding hydrogens is 393 g/mol. The maximum absolute atomic E-state index is 14.7. The molecule has 4 rings (SSSR count). The number of thiazole rings is 1. The molecule has 0 fully saturated rings. The molecule has 0 spiro atoms. The molecule has 0 unspecified atom stereocenters. The minimum absolute atomic E-state index is 0.299. The molecule has 2 aromatic heterocycles. The molecule has 0 aliphatic carbocycles. The minimum atomic E-state index is -0.399. The highest BCUT2D eigenvalue weighted by Gasteiger charge is 2.23. The van der Waals surface area contributed by atoms with E-state index in [9.17, 15) is 4.39 Å². The number of rotatable bonds is 4. The second kappa shape index (κ2) is 7.08. The van der Waals surface area contributed by atoms with Crippen LogP contribution in [0.5, 0.6) is 0 Å². The fourth-order valence-corrected chi connectivity index (χ4v) is 4.53. The van der Waals surface area contributed by atoms with Gasteiger partial charge in [0.25, 0.3) is 0 Å². The van der Waals surface area contributed by atoms with Crippen molar-refractivity contribution in [1.29, 1.82) is 0 Å². The Labute approximate surface area is 172 Å². The second-order valence-electron chi connectivity index (χ2n) is 6.64. The van der Waals surface area contributed by atoms with Crippen LogP contribution in [0.4, 0.5) is 15.9 Å². The summed E-state index contributed by atoms with van der Waals surface area (Å²) < 4.78 is 16.7. The SMILES string of the molecule is C=Cc1cccc(C)c1Nc1c(-c2c(F)cccc2Cl)nc2sc(C)c(C)n12. The first kappa shape index (κ1) is 18.7. The first-order valence-electron chi connectivity index (χ1n) is 8.84. The average Bonchev–Trinajstić information content (AvgIpc) is 3.13. The van der Waals surface area contributed by atoms with Crippen LogP contribution in [0.1, 0.15) is 21.7 Å². The number of aromatic nitrogens is 2. The van der Waals surface area contributed by atoms with Gasteiger partial charge in [-0.3, -0.25) is 4.40 Å². The van der Waals surface area contributed by atoms with E-state index in [2.05, 4.69) is 18.8 Å². The molecule has 0 saturated carbocycles. The van der Waals surface area contributed by atoms with Gasteiger partial charge < -0.3 is 5.32 Å². The fraction of sp³-hybridized carbons (Fsp3) is 0.136. The molecule has 28 heavy (non-hydrogen) atoms. The normalized spacial score (nSPS) is 11.2. The standard InChI is InChI=1S/C22H19ClFN3S/c1-5-15-9-6-8-12(2)19(15)25-21-20(18-16(23)10-7-11-17(18)24)26-22-27(21)13(3)14(4)28-22/h5-11,25H,1H2,2-4H3. The van der Waals surface area contributed by atoms with Crippen LogP contribution in [0.2, 0.25) is 5.02 Å². The van der Waals surface area contributed by atoms with Crippen LogP contribution in [-0.2, 0) is 0 Å². The second-order valence-corrected chi connectivity index (χ2v) is 8.22. The molecular formula is C22H19ClFN3S. The summed E-state index contributed by atoms with van der Waals surface area (Å²) in [6.07, 6.45) is 1.80. The van der Waals surface area contributed by atoms with E-state index in [1.165, 1.54) is 6.07 Å². The first-order chi connectivity index (χ1) is 13.4. The van der Waals surface area contributed by atoms with E-state index < -0.39 is 5.82 Å². The highest BCUT2D eigenvalue weighted by atomic mass is 35.5. The Morgan fingerprint density at radius 3 is 2.64 bits per heavy atom. The lowest BCUT2D eigenvalue weighted by molar-refractivity contribution is 0.631. The van der Waals surface area contributed by atoms with Crippen LogP contribution in [0.15, 0.2) is 43.0 Å². The van der Waals surface area contributed by atoms with E-state index in [4.69, 9.17) is 16.6 Å². The molecule has 2 heterocycles. The van der Waals surface area contributed by atoms with Crippen molar-refractivity contribution in [2.45, 2.75) is 20.8 Å². The summed E-state index contributed by atoms with van der Waals surface area (Å²) in [4.78, 5) is 6.69. The summed E-state index contributed by atoms with van der Waals surface area (Å²) in [6.45, 7) is 10.0. The smallest absolute Gasteiger partial charge is 0.196 e. The fourth-order valence-electron chi connectivity index (χ4n) is 3.31. The molecule has 0 aliphatic heterocycles. The van der Waals surface area contributed by atoms with Crippen LogP contribution in [0.25, 0.3) is 22.3 Å². The van der Waals surface area contributed by atoms with Gasteiger partial charge in [-0.2, -0.15) is 0 Å². The molecule has 0 atom stereocenters. The predicted molar refractivity (Wildman–Crippen MR) is 117 cm³/mol. The van der Waals surface area contributed by atoms with Gasteiger partial charge in [-0.1, -0.05) is 48.5 Å². The lowest BCUT2D eigenvalue weighted by Crippen LogP contribution is -2.02. The summed E-state index contributed by atoms with van der Waals surface area (Å²) in [5.41, 5.74) is 4.79. The number of imidazole rings is 1. The molecule has 0 amide bonds. The van der Waals surface area contributed by atoms with Gasteiger partial charge in [0.05, 0.1) is 10.6 Å². The number of aryl methyl sites for hydroxylation is 3. The highest BCUT2D eigenvalue weighted by Crippen LogP contribution is 2.40. The van der Waals surface area contributed by atoms with Crippen molar-refractivity contribution in [3.05, 3.63) is 75.5 Å². The van der Waals surface area contributed by atoms with Gasteiger partial charge in [-0.25, -0.2) is 9.37 Å². The summed E-state index contributed by atoms with van der Waals surface area (Å²) >= 11 is 7.94. The van der Waals surface area contributed by atoms with Crippen molar-refractivity contribution in [3.63, 3.8) is 0 Å². The molecule has 0 aliphatic rings. The number of fused-ring (bicyclic) bond motifs is 1. The maximum atomic E-state index is 14.7. The number of halogens is 2. The Morgan fingerprint density at radius 1 is 1.18 bits per heavy atom. The number of hydrogen-bond acceptors (Lipinski definition) is 3. The highest BCUT2D eigenvalue weighted by molar-refractivity contribution is 7.17. The van der Waals surface area contributed by atoms with Gasteiger partial charge in [0.15, 0.2) is 4.96 Å². The van der Waals surface area contributed by atoms with E-state index in [1.54, 1.807) is 29.5 Å². The van der Waals surface area contributed by atoms with Crippen LogP contribution in [0, 0.1) is 26.6 Å². The minimum Gasteiger partial charge on any atom is -0.339 e. The molecule has 142 valence electrons. The van der Waals surface area contributed by atoms with Gasteiger partial charge in [-0.15, -0.1) is 11.3 Å². The third kappa shape index (κ3) is 2.91. The number of nitrogens with zero attached hydrogens (tertiary/aromatic N) is 2. The van der Waals surface area contributed by atoms with Gasteiger partial charge in [0.1, 0.15) is 17.3 Å². The van der Waals surface area contributed by atoms with Crippen LogP contribution < -0.4 is 5.32 Å². The maximum Gasteiger partial charge on any atom is 0.196 e. The molecule has 3 nitrogen and oxygen atoms in total. The van der Waals surface area contributed by atoms with Gasteiger partial charge in [0, 0.05) is 16.3 Å². The lowest BCUT2D eigenvalue weighted by Gasteiger charge is -2.15. The summed E-state index contributed by atoms with van der Waals surface area (Å²) in [5.74, 6) is 0.297. The van der Waals surface area contributed by atoms with E-state index >= 15 is 0 Å². The zero-order valence-electron chi connectivity index (χ0n) is 15.8. The monoisotopic (exact) mass is 411 g/mol. The number of benzene rings is 2. The van der Waals surface area contributed by atoms with Crippen molar-refractivity contribution in [2.24, 2.45) is 0 Å². The molecule has 1 N–H and O–H groups in total. The first-order valence-corrected chi connectivity index (χ1v) is 10.0. The third-order valence-electron chi connectivity index (χ3n) is 4.90. The molecule has 4 aromatic rings. The quantitative estimate of drug-likeness (QED) is 0.385. The van der Waals surface area contributed by atoms with Gasteiger partial charge >= 0.3 is 0 Å². The summed E-state index contributed by atoms with van der Waals surface area (Å²) in [7, 11) is 0. The van der Waals surface area contributed by atoms with E-state index in [-0.39, 0.29) is 0 Å². The molecule has 6 heteroatoms.